The average molecular weight is 410 g/mol. The molecule has 2 aromatic heterocycles. The Labute approximate surface area is 164 Å². The molecule has 0 bridgehead atoms. The molecule has 0 aromatic carbocycles. The van der Waals surface area contributed by atoms with Gasteiger partial charge in [-0.15, -0.1) is 11.3 Å². The fraction of sp³-hybridized carbons (Fsp3) is 0.389. The van der Waals surface area contributed by atoms with Gasteiger partial charge in [0.2, 0.25) is 5.91 Å². The van der Waals surface area contributed by atoms with Crippen molar-refractivity contribution in [3.63, 3.8) is 0 Å². The van der Waals surface area contributed by atoms with Gasteiger partial charge in [0.25, 0.3) is 5.91 Å². The maximum atomic E-state index is 12.3. The van der Waals surface area contributed by atoms with Crippen molar-refractivity contribution in [2.75, 3.05) is 37.6 Å². The van der Waals surface area contributed by atoms with Gasteiger partial charge in [0.15, 0.2) is 0 Å². The molecule has 1 N–H and O–H groups in total. The maximum absolute atomic E-state index is 12.3. The zero-order chi connectivity index (χ0) is 19.9. The molecule has 1 fully saturated rings. The number of alkyl halides is 2. The van der Waals surface area contributed by atoms with Crippen LogP contribution in [0.15, 0.2) is 35.8 Å². The fourth-order valence-corrected chi connectivity index (χ4v) is 3.64. The van der Waals surface area contributed by atoms with Gasteiger partial charge >= 0.3 is 6.61 Å². The Hall–Kier alpha value is -2.75. The molecule has 7 nitrogen and oxygen atoms in total. The van der Waals surface area contributed by atoms with E-state index < -0.39 is 12.5 Å². The van der Waals surface area contributed by atoms with Gasteiger partial charge in [-0.25, -0.2) is 4.98 Å². The second-order valence-electron chi connectivity index (χ2n) is 6.05. The van der Waals surface area contributed by atoms with E-state index in [1.807, 2.05) is 18.2 Å². The van der Waals surface area contributed by atoms with Crippen LogP contribution in [-0.4, -0.2) is 61.0 Å². The molecule has 28 heavy (non-hydrogen) atoms. The molecule has 1 aliphatic rings. The van der Waals surface area contributed by atoms with Gasteiger partial charge in [-0.2, -0.15) is 8.78 Å². The van der Waals surface area contributed by atoms with Gasteiger partial charge in [0.1, 0.15) is 16.4 Å². The van der Waals surface area contributed by atoms with Crippen LogP contribution in [-0.2, 0) is 4.79 Å². The molecule has 2 aromatic rings. The summed E-state index contributed by atoms with van der Waals surface area (Å²) in [6.45, 7) is -0.310. The van der Waals surface area contributed by atoms with E-state index in [0.717, 1.165) is 17.2 Å². The number of aromatic nitrogens is 1. The first-order chi connectivity index (χ1) is 13.5. The van der Waals surface area contributed by atoms with Crippen LogP contribution in [0.2, 0.25) is 0 Å². The van der Waals surface area contributed by atoms with E-state index in [1.54, 1.807) is 11.1 Å². The minimum atomic E-state index is -2.99. The van der Waals surface area contributed by atoms with Crippen LogP contribution >= 0.6 is 11.3 Å². The zero-order valence-electron chi connectivity index (χ0n) is 15.0. The molecule has 3 rings (SSSR count). The lowest BCUT2D eigenvalue weighted by atomic mass is 10.2. The molecule has 2 amide bonds. The summed E-state index contributed by atoms with van der Waals surface area (Å²) >= 11 is 1.01. The highest BCUT2D eigenvalue weighted by Crippen LogP contribution is 2.26. The van der Waals surface area contributed by atoms with E-state index in [-0.39, 0.29) is 29.5 Å². The number of nitrogens with one attached hydrogen (secondary N) is 1. The Morgan fingerprint density at radius 1 is 1.21 bits per heavy atom. The number of rotatable bonds is 7. The van der Waals surface area contributed by atoms with Gasteiger partial charge < -0.3 is 19.9 Å². The highest BCUT2D eigenvalue weighted by molar-refractivity contribution is 7.12. The fourth-order valence-electron chi connectivity index (χ4n) is 2.90. The molecule has 1 saturated heterocycles. The number of pyridine rings is 1. The van der Waals surface area contributed by atoms with Gasteiger partial charge in [-0.1, -0.05) is 6.07 Å². The second-order valence-corrected chi connectivity index (χ2v) is 6.97. The first-order valence-corrected chi connectivity index (χ1v) is 9.67. The van der Waals surface area contributed by atoms with Crippen LogP contribution in [0.1, 0.15) is 16.1 Å². The van der Waals surface area contributed by atoms with E-state index in [1.165, 1.54) is 11.4 Å². The lowest BCUT2D eigenvalue weighted by molar-refractivity contribution is -0.131. The summed E-state index contributed by atoms with van der Waals surface area (Å²) in [6.07, 6.45) is 1.88. The Balaban J connectivity index is 1.41. The second kappa shape index (κ2) is 9.45. The van der Waals surface area contributed by atoms with Crippen LogP contribution in [0.4, 0.5) is 14.6 Å². The third-order valence-electron chi connectivity index (χ3n) is 4.28. The Morgan fingerprint density at radius 2 is 2.00 bits per heavy atom. The summed E-state index contributed by atoms with van der Waals surface area (Å²) in [4.78, 5) is 32.7. The third-order valence-corrected chi connectivity index (χ3v) is 5.18. The predicted molar refractivity (Wildman–Crippen MR) is 101 cm³/mol. The molecule has 0 unspecified atom stereocenters. The van der Waals surface area contributed by atoms with E-state index in [4.69, 9.17) is 0 Å². The number of piperazine rings is 1. The average Bonchev–Trinajstić information content (AvgIpc) is 3.16. The predicted octanol–water partition coefficient (Wildman–Crippen LogP) is 2.21. The number of hydrogen-bond acceptors (Lipinski definition) is 6. The van der Waals surface area contributed by atoms with Crippen LogP contribution < -0.4 is 15.0 Å². The number of carbonyl (C=O) groups is 2. The SMILES string of the molecule is O=C(NCCC(=O)N1CCN(c2ccccn2)CC1)c1sccc1OC(F)F. The highest BCUT2D eigenvalue weighted by Gasteiger charge is 2.22. The van der Waals surface area contributed by atoms with Crippen molar-refractivity contribution in [3.8, 4) is 5.75 Å². The molecule has 10 heteroatoms. The van der Waals surface area contributed by atoms with Gasteiger partial charge in [0.05, 0.1) is 0 Å². The minimum absolute atomic E-state index is 0.0591. The summed E-state index contributed by atoms with van der Waals surface area (Å²) < 4.78 is 29.0. The largest absolute Gasteiger partial charge is 0.433 e. The number of hydrogen-bond donors (Lipinski definition) is 1. The van der Waals surface area contributed by atoms with Gasteiger partial charge in [-0.3, -0.25) is 9.59 Å². The first kappa shape index (κ1) is 20.0. The minimum Gasteiger partial charge on any atom is -0.433 e. The van der Waals surface area contributed by atoms with E-state index >= 15 is 0 Å². The number of amides is 2. The molecule has 150 valence electrons. The number of thiophene rings is 1. The first-order valence-electron chi connectivity index (χ1n) is 8.79. The Bertz CT molecular complexity index is 795. The van der Waals surface area contributed by atoms with Crippen molar-refractivity contribution in [1.29, 1.82) is 0 Å². The lowest BCUT2D eigenvalue weighted by Crippen LogP contribution is -2.49. The third kappa shape index (κ3) is 5.16. The number of ether oxygens (including phenoxy) is 1. The van der Waals surface area contributed by atoms with Crippen molar-refractivity contribution in [2.45, 2.75) is 13.0 Å². The standard InChI is InChI=1S/C18H20F2N4O3S/c19-18(20)27-13-5-12-28-16(13)17(26)22-7-4-15(25)24-10-8-23(9-11-24)14-3-1-2-6-21-14/h1-3,5-6,12,18H,4,7-11H2,(H,22,26). The van der Waals surface area contributed by atoms with Crippen molar-refractivity contribution in [3.05, 3.63) is 40.7 Å². The number of carbonyl (C=O) groups excluding carboxylic acids is 2. The van der Waals surface area contributed by atoms with E-state index in [2.05, 4.69) is 19.9 Å². The summed E-state index contributed by atoms with van der Waals surface area (Å²) in [5.74, 6) is 0.142. The zero-order valence-corrected chi connectivity index (χ0v) is 15.8. The molecule has 3 heterocycles. The summed E-state index contributed by atoms with van der Waals surface area (Å²) in [5, 5.41) is 4.08. The topological polar surface area (TPSA) is 74.8 Å². The van der Waals surface area contributed by atoms with Crippen molar-refractivity contribution in [1.82, 2.24) is 15.2 Å². The molecule has 0 spiro atoms. The molecule has 0 radical (unpaired) electrons. The Kier molecular flexibility index (Phi) is 6.75. The van der Waals surface area contributed by atoms with Crippen molar-refractivity contribution in [2.24, 2.45) is 0 Å². The number of nitrogens with zero attached hydrogens (tertiary/aromatic N) is 3. The van der Waals surface area contributed by atoms with Gasteiger partial charge in [-0.05, 0) is 23.6 Å². The molecule has 1 aliphatic heterocycles. The maximum Gasteiger partial charge on any atom is 0.387 e. The van der Waals surface area contributed by atoms with Crippen molar-refractivity contribution >= 4 is 29.0 Å². The molecule has 0 aliphatic carbocycles. The van der Waals surface area contributed by atoms with Crippen LogP contribution in [0, 0.1) is 0 Å². The van der Waals surface area contributed by atoms with Crippen LogP contribution in [0.5, 0.6) is 5.75 Å². The number of halogens is 2. The molecule has 0 atom stereocenters. The summed E-state index contributed by atoms with van der Waals surface area (Å²) in [6, 6.07) is 7.03. The lowest BCUT2D eigenvalue weighted by Gasteiger charge is -2.35. The van der Waals surface area contributed by atoms with Gasteiger partial charge in [0, 0.05) is 45.3 Å². The van der Waals surface area contributed by atoms with Crippen molar-refractivity contribution < 1.29 is 23.1 Å². The van der Waals surface area contributed by atoms with Crippen LogP contribution in [0.3, 0.4) is 0 Å². The molecular weight excluding hydrogens is 390 g/mol. The highest BCUT2D eigenvalue weighted by atomic mass is 32.1. The summed E-state index contributed by atoms with van der Waals surface area (Å²) in [7, 11) is 0. The monoisotopic (exact) mass is 410 g/mol. The molecular formula is C18H20F2N4O3S. The van der Waals surface area contributed by atoms with Crippen LogP contribution in [0.25, 0.3) is 0 Å². The smallest absolute Gasteiger partial charge is 0.387 e. The number of anilines is 1. The Morgan fingerprint density at radius 3 is 2.68 bits per heavy atom. The molecule has 0 saturated carbocycles. The normalized spacial score (nSPS) is 14.2. The van der Waals surface area contributed by atoms with E-state index in [0.29, 0.717) is 26.2 Å². The van der Waals surface area contributed by atoms with E-state index in [9.17, 15) is 18.4 Å². The quantitative estimate of drug-likeness (QED) is 0.758. The summed E-state index contributed by atoms with van der Waals surface area (Å²) in [5.41, 5.74) is 0.